The molecule has 0 spiro atoms. The van der Waals surface area contributed by atoms with Crippen LogP contribution in [0.5, 0.6) is 0 Å². The Bertz CT molecular complexity index is 161. The van der Waals surface area contributed by atoms with E-state index >= 15 is 0 Å². The average molecular weight is 213 g/mol. The zero-order valence-corrected chi connectivity index (χ0v) is 10.6. The Hall–Kier alpha value is -0.0800. The van der Waals surface area contributed by atoms with Gasteiger partial charge in [-0.2, -0.15) is 0 Å². The average Bonchev–Trinajstić information content (AvgIpc) is 2.45. The molecule has 1 N–H and O–H groups in total. The van der Waals surface area contributed by atoms with Gasteiger partial charge in [-0.15, -0.1) is 0 Å². The molecule has 2 nitrogen and oxygen atoms in total. The molecule has 1 aliphatic carbocycles. The lowest BCUT2D eigenvalue weighted by Gasteiger charge is -2.28. The van der Waals surface area contributed by atoms with Crippen molar-refractivity contribution in [2.24, 2.45) is 0 Å². The molecule has 2 heteroatoms. The van der Waals surface area contributed by atoms with Gasteiger partial charge in [0.05, 0.1) is 12.2 Å². The van der Waals surface area contributed by atoms with Gasteiger partial charge >= 0.3 is 0 Å². The summed E-state index contributed by atoms with van der Waals surface area (Å²) in [6, 6.07) is 0.589. The van der Waals surface area contributed by atoms with Crippen LogP contribution in [0.2, 0.25) is 0 Å². The largest absolute Gasteiger partial charge is 0.374 e. The first-order valence-corrected chi connectivity index (χ1v) is 6.66. The van der Waals surface area contributed by atoms with Crippen LogP contribution in [0.1, 0.15) is 59.3 Å². The number of nitrogens with one attached hydrogen (secondary N) is 1. The standard InChI is InChI=1S/C13H27NO/c1-4-11(3)15-13-10-8-6-7-9-12(13)14-5-2/h11-14H,4-10H2,1-3H3. The molecule has 1 fully saturated rings. The van der Waals surface area contributed by atoms with Crippen LogP contribution in [0.4, 0.5) is 0 Å². The van der Waals surface area contributed by atoms with Gasteiger partial charge in [0.2, 0.25) is 0 Å². The van der Waals surface area contributed by atoms with Crippen molar-refractivity contribution in [3.05, 3.63) is 0 Å². The fourth-order valence-corrected chi connectivity index (χ4v) is 2.33. The molecule has 3 unspecified atom stereocenters. The fourth-order valence-electron chi connectivity index (χ4n) is 2.33. The highest BCUT2D eigenvalue weighted by atomic mass is 16.5. The van der Waals surface area contributed by atoms with Crippen LogP contribution in [-0.4, -0.2) is 24.8 Å². The highest BCUT2D eigenvalue weighted by molar-refractivity contribution is 4.80. The number of ether oxygens (including phenoxy) is 1. The van der Waals surface area contributed by atoms with E-state index in [-0.39, 0.29) is 0 Å². The molecule has 0 aromatic heterocycles. The minimum atomic E-state index is 0.411. The lowest BCUT2D eigenvalue weighted by Crippen LogP contribution is -2.41. The molecular formula is C13H27NO. The van der Waals surface area contributed by atoms with E-state index in [1.165, 1.54) is 32.1 Å². The van der Waals surface area contributed by atoms with E-state index in [9.17, 15) is 0 Å². The number of hydrogen-bond acceptors (Lipinski definition) is 2. The molecule has 3 atom stereocenters. The maximum atomic E-state index is 6.12. The Morgan fingerprint density at radius 1 is 1.20 bits per heavy atom. The van der Waals surface area contributed by atoms with Gasteiger partial charge in [0.15, 0.2) is 0 Å². The van der Waals surface area contributed by atoms with Gasteiger partial charge in [-0.1, -0.05) is 33.1 Å². The van der Waals surface area contributed by atoms with E-state index in [2.05, 4.69) is 26.1 Å². The Morgan fingerprint density at radius 3 is 2.60 bits per heavy atom. The lowest BCUT2D eigenvalue weighted by atomic mass is 10.1. The summed E-state index contributed by atoms with van der Waals surface area (Å²) in [5.74, 6) is 0. The summed E-state index contributed by atoms with van der Waals surface area (Å²) in [5.41, 5.74) is 0. The van der Waals surface area contributed by atoms with Crippen LogP contribution < -0.4 is 5.32 Å². The number of rotatable bonds is 5. The minimum Gasteiger partial charge on any atom is -0.374 e. The van der Waals surface area contributed by atoms with Gasteiger partial charge < -0.3 is 10.1 Å². The zero-order chi connectivity index (χ0) is 11.1. The molecule has 1 aliphatic rings. The van der Waals surface area contributed by atoms with E-state index in [1.54, 1.807) is 0 Å². The van der Waals surface area contributed by atoms with Gasteiger partial charge in [0.1, 0.15) is 0 Å². The topological polar surface area (TPSA) is 21.3 Å². The smallest absolute Gasteiger partial charge is 0.0731 e. The third kappa shape index (κ3) is 4.52. The number of hydrogen-bond donors (Lipinski definition) is 1. The van der Waals surface area contributed by atoms with Crippen LogP contribution >= 0.6 is 0 Å². The summed E-state index contributed by atoms with van der Waals surface area (Å²) in [6.45, 7) is 7.63. The molecule has 0 aromatic carbocycles. The molecule has 1 saturated carbocycles. The maximum Gasteiger partial charge on any atom is 0.0731 e. The Balaban J connectivity index is 2.45. The lowest BCUT2D eigenvalue weighted by molar-refractivity contribution is -0.0268. The first kappa shape index (κ1) is 13.0. The summed E-state index contributed by atoms with van der Waals surface area (Å²) in [4.78, 5) is 0. The molecule has 15 heavy (non-hydrogen) atoms. The highest BCUT2D eigenvalue weighted by Crippen LogP contribution is 2.22. The van der Waals surface area contributed by atoms with Crippen molar-refractivity contribution in [1.29, 1.82) is 0 Å². The van der Waals surface area contributed by atoms with Crippen molar-refractivity contribution in [2.75, 3.05) is 6.54 Å². The molecule has 90 valence electrons. The van der Waals surface area contributed by atoms with Crippen molar-refractivity contribution in [2.45, 2.75) is 77.5 Å². The number of likely N-dealkylation sites (N-methyl/N-ethyl adjacent to an activating group) is 1. The first-order chi connectivity index (χ1) is 7.27. The molecular weight excluding hydrogens is 186 g/mol. The summed E-state index contributed by atoms with van der Waals surface area (Å²) >= 11 is 0. The predicted molar refractivity (Wildman–Crippen MR) is 65.2 cm³/mol. The second-order valence-electron chi connectivity index (χ2n) is 4.70. The normalized spacial score (nSPS) is 29.8. The van der Waals surface area contributed by atoms with Gasteiger partial charge in [-0.3, -0.25) is 0 Å². The third-order valence-electron chi connectivity index (χ3n) is 3.40. The van der Waals surface area contributed by atoms with E-state index in [0.717, 1.165) is 13.0 Å². The van der Waals surface area contributed by atoms with E-state index < -0.39 is 0 Å². The van der Waals surface area contributed by atoms with Crippen LogP contribution in [0.3, 0.4) is 0 Å². The van der Waals surface area contributed by atoms with E-state index in [1.807, 2.05) is 0 Å². The van der Waals surface area contributed by atoms with Crippen molar-refractivity contribution in [3.63, 3.8) is 0 Å². The SMILES string of the molecule is CCNC1CCCCCC1OC(C)CC. The zero-order valence-electron chi connectivity index (χ0n) is 10.6. The van der Waals surface area contributed by atoms with Crippen molar-refractivity contribution in [3.8, 4) is 0 Å². The molecule has 0 bridgehead atoms. The molecule has 0 radical (unpaired) electrons. The van der Waals surface area contributed by atoms with Crippen LogP contribution in [0, 0.1) is 0 Å². The molecule has 0 saturated heterocycles. The third-order valence-corrected chi connectivity index (χ3v) is 3.40. The first-order valence-electron chi connectivity index (χ1n) is 6.66. The summed E-state index contributed by atoms with van der Waals surface area (Å²) in [7, 11) is 0. The van der Waals surface area contributed by atoms with Crippen LogP contribution in [0.15, 0.2) is 0 Å². The van der Waals surface area contributed by atoms with Crippen molar-refractivity contribution < 1.29 is 4.74 Å². The van der Waals surface area contributed by atoms with Crippen LogP contribution in [0.25, 0.3) is 0 Å². The van der Waals surface area contributed by atoms with Crippen molar-refractivity contribution in [1.82, 2.24) is 5.32 Å². The van der Waals surface area contributed by atoms with Gasteiger partial charge in [0, 0.05) is 6.04 Å². The minimum absolute atomic E-state index is 0.411. The Morgan fingerprint density at radius 2 is 1.93 bits per heavy atom. The quantitative estimate of drug-likeness (QED) is 0.709. The maximum absolute atomic E-state index is 6.12. The fraction of sp³-hybridized carbons (Fsp3) is 1.00. The monoisotopic (exact) mass is 213 g/mol. The Labute approximate surface area is 94.8 Å². The second kappa shape index (κ2) is 7.24. The van der Waals surface area contributed by atoms with Gasteiger partial charge in [-0.05, 0) is 32.7 Å². The summed E-state index contributed by atoms with van der Waals surface area (Å²) in [6.07, 6.45) is 8.58. The second-order valence-corrected chi connectivity index (χ2v) is 4.70. The summed E-state index contributed by atoms with van der Waals surface area (Å²) in [5, 5.41) is 3.58. The van der Waals surface area contributed by atoms with Gasteiger partial charge in [0.25, 0.3) is 0 Å². The molecule has 0 aliphatic heterocycles. The Kier molecular flexibility index (Phi) is 6.26. The van der Waals surface area contributed by atoms with E-state index in [0.29, 0.717) is 18.2 Å². The van der Waals surface area contributed by atoms with Crippen molar-refractivity contribution >= 4 is 0 Å². The predicted octanol–water partition coefficient (Wildman–Crippen LogP) is 3.11. The molecule has 0 aromatic rings. The molecule has 0 amide bonds. The molecule has 1 rings (SSSR count). The summed E-state index contributed by atoms with van der Waals surface area (Å²) < 4.78 is 6.12. The van der Waals surface area contributed by atoms with Gasteiger partial charge in [-0.25, -0.2) is 0 Å². The van der Waals surface area contributed by atoms with E-state index in [4.69, 9.17) is 4.74 Å². The van der Waals surface area contributed by atoms with Crippen LogP contribution in [-0.2, 0) is 4.74 Å². The highest BCUT2D eigenvalue weighted by Gasteiger charge is 2.24. The molecule has 0 heterocycles.